The number of aryl methyl sites for hydroxylation is 1. The zero-order chi connectivity index (χ0) is 13.7. The third kappa shape index (κ3) is 3.55. The van der Waals surface area contributed by atoms with E-state index in [9.17, 15) is 4.39 Å². The molecule has 0 aliphatic rings. The highest BCUT2D eigenvalue weighted by Crippen LogP contribution is 2.25. The molecule has 1 unspecified atom stereocenters. The fraction of sp³-hybridized carbons (Fsp3) is 0.250. The first kappa shape index (κ1) is 14.0. The van der Waals surface area contributed by atoms with Crippen molar-refractivity contribution in [1.82, 2.24) is 0 Å². The molecule has 0 aromatic heterocycles. The molecule has 2 N–H and O–H groups in total. The van der Waals surface area contributed by atoms with Crippen LogP contribution in [0.4, 0.5) is 4.39 Å². The number of halogens is 2. The molecule has 100 valence electrons. The molecule has 0 aliphatic carbocycles. The SMILES string of the molecule is NCC(CCc1cccc(F)c1Cl)c1ccccc1. The van der Waals surface area contributed by atoms with Gasteiger partial charge in [0.1, 0.15) is 5.82 Å². The van der Waals surface area contributed by atoms with Crippen LogP contribution in [0, 0.1) is 5.82 Å². The summed E-state index contributed by atoms with van der Waals surface area (Å²) >= 11 is 5.96. The van der Waals surface area contributed by atoms with Crippen molar-refractivity contribution < 1.29 is 4.39 Å². The first-order valence-electron chi connectivity index (χ1n) is 6.40. The molecule has 0 saturated heterocycles. The summed E-state index contributed by atoms with van der Waals surface area (Å²) in [5, 5.41) is 0.228. The van der Waals surface area contributed by atoms with E-state index in [0.29, 0.717) is 6.54 Å². The Balaban J connectivity index is 2.06. The number of nitrogens with two attached hydrogens (primary N) is 1. The highest BCUT2D eigenvalue weighted by atomic mass is 35.5. The summed E-state index contributed by atoms with van der Waals surface area (Å²) in [6.07, 6.45) is 1.59. The second kappa shape index (κ2) is 6.69. The van der Waals surface area contributed by atoms with Gasteiger partial charge in [-0.05, 0) is 42.5 Å². The molecular weight excluding hydrogens is 261 g/mol. The standard InChI is InChI=1S/C16H17ClFN/c17-16-13(7-4-8-15(16)18)9-10-14(11-19)12-5-2-1-3-6-12/h1-8,14H,9-11,19H2. The lowest BCUT2D eigenvalue weighted by molar-refractivity contribution is 0.614. The van der Waals surface area contributed by atoms with Crippen molar-refractivity contribution in [1.29, 1.82) is 0 Å². The average molecular weight is 278 g/mol. The van der Waals surface area contributed by atoms with Crippen molar-refractivity contribution >= 4 is 11.6 Å². The molecule has 0 aliphatic heterocycles. The maximum absolute atomic E-state index is 13.4. The Morgan fingerprint density at radius 3 is 2.47 bits per heavy atom. The van der Waals surface area contributed by atoms with Crippen LogP contribution in [0.2, 0.25) is 5.02 Å². The minimum atomic E-state index is -0.358. The normalized spacial score (nSPS) is 12.4. The monoisotopic (exact) mass is 277 g/mol. The number of hydrogen-bond donors (Lipinski definition) is 1. The van der Waals surface area contributed by atoms with Crippen LogP contribution in [0.1, 0.15) is 23.5 Å². The largest absolute Gasteiger partial charge is 0.330 e. The van der Waals surface area contributed by atoms with E-state index in [-0.39, 0.29) is 16.8 Å². The molecule has 0 amide bonds. The van der Waals surface area contributed by atoms with Gasteiger partial charge in [-0.3, -0.25) is 0 Å². The summed E-state index contributed by atoms with van der Waals surface area (Å²) in [6.45, 7) is 0.580. The molecule has 2 aromatic rings. The summed E-state index contributed by atoms with van der Waals surface area (Å²) in [5.74, 6) is -0.0799. The summed E-state index contributed by atoms with van der Waals surface area (Å²) in [6, 6.07) is 15.1. The molecule has 0 bridgehead atoms. The summed E-state index contributed by atoms with van der Waals surface area (Å²) < 4.78 is 13.4. The van der Waals surface area contributed by atoms with Crippen molar-refractivity contribution in [3.8, 4) is 0 Å². The van der Waals surface area contributed by atoms with Gasteiger partial charge in [0.05, 0.1) is 5.02 Å². The van der Waals surface area contributed by atoms with Gasteiger partial charge >= 0.3 is 0 Å². The Hall–Kier alpha value is -1.38. The van der Waals surface area contributed by atoms with E-state index in [1.165, 1.54) is 11.6 Å². The van der Waals surface area contributed by atoms with Gasteiger partial charge in [-0.1, -0.05) is 54.1 Å². The maximum Gasteiger partial charge on any atom is 0.142 e. The van der Waals surface area contributed by atoms with Gasteiger partial charge < -0.3 is 5.73 Å². The molecule has 2 aromatic carbocycles. The van der Waals surface area contributed by atoms with E-state index < -0.39 is 0 Å². The van der Waals surface area contributed by atoms with Crippen LogP contribution in [-0.4, -0.2) is 6.54 Å². The Bertz CT molecular complexity index is 528. The quantitative estimate of drug-likeness (QED) is 0.873. The minimum absolute atomic E-state index is 0.228. The van der Waals surface area contributed by atoms with Crippen LogP contribution < -0.4 is 5.73 Å². The molecule has 19 heavy (non-hydrogen) atoms. The van der Waals surface area contributed by atoms with E-state index in [1.54, 1.807) is 6.07 Å². The molecule has 0 fully saturated rings. The lowest BCUT2D eigenvalue weighted by Gasteiger charge is -2.15. The number of benzene rings is 2. The zero-order valence-corrected chi connectivity index (χ0v) is 11.4. The van der Waals surface area contributed by atoms with Crippen molar-refractivity contribution in [2.75, 3.05) is 6.54 Å². The average Bonchev–Trinajstić information content (AvgIpc) is 2.45. The molecule has 0 radical (unpaired) electrons. The predicted octanol–water partition coefficient (Wildman–Crippen LogP) is 4.15. The molecule has 0 heterocycles. The molecule has 2 rings (SSSR count). The second-order valence-corrected chi connectivity index (χ2v) is 4.97. The van der Waals surface area contributed by atoms with E-state index in [1.807, 2.05) is 24.3 Å². The second-order valence-electron chi connectivity index (χ2n) is 4.59. The van der Waals surface area contributed by atoms with Crippen LogP contribution in [0.5, 0.6) is 0 Å². The molecular formula is C16H17ClFN. The third-order valence-corrected chi connectivity index (χ3v) is 3.77. The highest BCUT2D eigenvalue weighted by molar-refractivity contribution is 6.31. The summed E-state index contributed by atoms with van der Waals surface area (Å²) in [7, 11) is 0. The van der Waals surface area contributed by atoms with Crippen LogP contribution in [-0.2, 0) is 6.42 Å². The van der Waals surface area contributed by atoms with Gasteiger partial charge in [-0.15, -0.1) is 0 Å². The molecule has 0 saturated carbocycles. The van der Waals surface area contributed by atoms with Crippen LogP contribution in [0.3, 0.4) is 0 Å². The molecule has 1 atom stereocenters. The maximum atomic E-state index is 13.4. The van der Waals surface area contributed by atoms with Crippen molar-refractivity contribution in [3.63, 3.8) is 0 Å². The molecule has 3 heteroatoms. The fourth-order valence-electron chi connectivity index (χ4n) is 2.22. The van der Waals surface area contributed by atoms with Gasteiger partial charge in [-0.25, -0.2) is 4.39 Å². The van der Waals surface area contributed by atoms with Gasteiger partial charge in [0.25, 0.3) is 0 Å². The van der Waals surface area contributed by atoms with Gasteiger partial charge in [0.2, 0.25) is 0 Å². The van der Waals surface area contributed by atoms with E-state index >= 15 is 0 Å². The fourth-order valence-corrected chi connectivity index (χ4v) is 2.44. The van der Waals surface area contributed by atoms with Crippen molar-refractivity contribution in [2.45, 2.75) is 18.8 Å². The Morgan fingerprint density at radius 2 is 1.79 bits per heavy atom. The van der Waals surface area contributed by atoms with Gasteiger partial charge in [0.15, 0.2) is 0 Å². The minimum Gasteiger partial charge on any atom is -0.330 e. The molecule has 1 nitrogen and oxygen atoms in total. The van der Waals surface area contributed by atoms with E-state index in [0.717, 1.165) is 18.4 Å². The zero-order valence-electron chi connectivity index (χ0n) is 10.7. The first-order valence-corrected chi connectivity index (χ1v) is 6.78. The Kier molecular flexibility index (Phi) is 4.94. The lowest BCUT2D eigenvalue weighted by Crippen LogP contribution is -2.13. The van der Waals surface area contributed by atoms with Gasteiger partial charge in [-0.2, -0.15) is 0 Å². The van der Waals surface area contributed by atoms with E-state index in [2.05, 4.69) is 12.1 Å². The van der Waals surface area contributed by atoms with Crippen LogP contribution in [0.25, 0.3) is 0 Å². The third-order valence-electron chi connectivity index (χ3n) is 3.35. The number of rotatable bonds is 5. The van der Waals surface area contributed by atoms with Crippen LogP contribution in [0.15, 0.2) is 48.5 Å². The number of hydrogen-bond acceptors (Lipinski definition) is 1. The van der Waals surface area contributed by atoms with Crippen molar-refractivity contribution in [2.24, 2.45) is 5.73 Å². The van der Waals surface area contributed by atoms with Gasteiger partial charge in [0, 0.05) is 0 Å². The predicted molar refractivity (Wildman–Crippen MR) is 78.0 cm³/mol. The van der Waals surface area contributed by atoms with E-state index in [4.69, 9.17) is 17.3 Å². The smallest absolute Gasteiger partial charge is 0.142 e. The van der Waals surface area contributed by atoms with Crippen molar-refractivity contribution in [3.05, 3.63) is 70.5 Å². The Labute approximate surface area is 118 Å². The summed E-state index contributed by atoms with van der Waals surface area (Å²) in [4.78, 5) is 0. The lowest BCUT2D eigenvalue weighted by atomic mass is 9.92. The topological polar surface area (TPSA) is 26.0 Å². The molecule has 0 spiro atoms. The summed E-state index contributed by atoms with van der Waals surface area (Å²) in [5.41, 5.74) is 7.89. The first-order chi connectivity index (χ1) is 9.22. The van der Waals surface area contributed by atoms with Crippen LogP contribution >= 0.6 is 11.6 Å². The highest BCUT2D eigenvalue weighted by Gasteiger charge is 2.12. The Morgan fingerprint density at radius 1 is 1.05 bits per heavy atom.